The smallest absolute Gasteiger partial charge is 0.222 e. The van der Waals surface area contributed by atoms with Crippen LogP contribution in [-0.4, -0.2) is 54.5 Å². The number of anilines is 3. The fourth-order valence-electron chi connectivity index (χ4n) is 3.67. The highest BCUT2D eigenvalue weighted by molar-refractivity contribution is 5.53. The summed E-state index contributed by atoms with van der Waals surface area (Å²) in [5.74, 6) is 2.38. The summed E-state index contributed by atoms with van der Waals surface area (Å²) in [5.41, 5.74) is 8.06. The first-order chi connectivity index (χ1) is 12.6. The fourth-order valence-corrected chi connectivity index (χ4v) is 3.67. The minimum absolute atomic E-state index is 0.203. The minimum atomic E-state index is -0.203. The first-order valence-corrected chi connectivity index (χ1v) is 9.09. The van der Waals surface area contributed by atoms with Gasteiger partial charge in [-0.15, -0.1) is 0 Å². The van der Waals surface area contributed by atoms with E-state index in [4.69, 9.17) is 10.5 Å². The molecule has 2 heterocycles. The van der Waals surface area contributed by atoms with Gasteiger partial charge in [-0.3, -0.25) is 0 Å². The van der Waals surface area contributed by atoms with Crippen LogP contribution in [0, 0.1) is 0 Å². The Labute approximate surface area is 153 Å². The van der Waals surface area contributed by atoms with Gasteiger partial charge in [-0.1, -0.05) is 6.07 Å². The van der Waals surface area contributed by atoms with E-state index < -0.39 is 0 Å². The zero-order valence-corrected chi connectivity index (χ0v) is 15.0. The van der Waals surface area contributed by atoms with E-state index in [1.54, 1.807) is 7.11 Å². The lowest BCUT2D eigenvalue weighted by molar-refractivity contribution is 0.0732. The Morgan fingerprint density at radius 2 is 1.81 bits per heavy atom. The van der Waals surface area contributed by atoms with E-state index in [0.29, 0.717) is 11.9 Å². The van der Waals surface area contributed by atoms with E-state index in [9.17, 15) is 5.11 Å². The predicted octanol–water partition coefficient (Wildman–Crippen LogP) is 1.63. The number of aliphatic hydroxyl groups is 1. The molecule has 138 valence electrons. The number of ether oxygens (including phenoxy) is 1. The third kappa shape index (κ3) is 3.39. The number of benzene rings is 1. The molecule has 0 radical (unpaired) electrons. The molecule has 3 N–H and O–H groups in total. The molecule has 4 rings (SSSR count). The molecular weight excluding hydrogens is 330 g/mol. The molecule has 7 nitrogen and oxygen atoms in total. The van der Waals surface area contributed by atoms with Crippen LogP contribution >= 0.6 is 0 Å². The number of hydrogen-bond donors (Lipinski definition) is 2. The second-order valence-electron chi connectivity index (χ2n) is 7.01. The maximum atomic E-state index is 9.54. The largest absolute Gasteiger partial charge is 0.497 e. The number of aliphatic hydroxyl groups excluding tert-OH is 1. The number of nitrogen functional groups attached to an aromatic ring is 1. The summed E-state index contributed by atoms with van der Waals surface area (Å²) in [5, 5.41) is 9.54. The number of rotatable bonds is 4. The van der Waals surface area contributed by atoms with Gasteiger partial charge in [0.25, 0.3) is 0 Å². The Balaban J connectivity index is 1.44. The molecule has 2 fully saturated rings. The molecule has 7 heteroatoms. The Morgan fingerprint density at radius 1 is 1.08 bits per heavy atom. The van der Waals surface area contributed by atoms with E-state index in [2.05, 4.69) is 31.9 Å². The number of nitrogens with two attached hydrogens (primary N) is 1. The lowest BCUT2D eigenvalue weighted by Gasteiger charge is -2.37. The topological polar surface area (TPSA) is 87.7 Å². The molecule has 26 heavy (non-hydrogen) atoms. The summed E-state index contributed by atoms with van der Waals surface area (Å²) in [6.07, 6.45) is 1.32. The monoisotopic (exact) mass is 355 g/mol. The third-order valence-corrected chi connectivity index (χ3v) is 5.30. The number of methoxy groups -OCH3 is 1. The fraction of sp³-hybridized carbons (Fsp3) is 0.474. The summed E-state index contributed by atoms with van der Waals surface area (Å²) in [6.45, 7) is 3.57. The maximum absolute atomic E-state index is 9.54. The van der Waals surface area contributed by atoms with Gasteiger partial charge in [-0.25, -0.2) is 4.98 Å². The first kappa shape index (κ1) is 16.9. The van der Waals surface area contributed by atoms with Crippen LogP contribution in [0.2, 0.25) is 0 Å². The minimum Gasteiger partial charge on any atom is -0.497 e. The summed E-state index contributed by atoms with van der Waals surface area (Å²) in [4.78, 5) is 13.4. The van der Waals surface area contributed by atoms with Crippen molar-refractivity contribution in [2.75, 3.05) is 48.8 Å². The van der Waals surface area contributed by atoms with Crippen molar-refractivity contribution in [3.05, 3.63) is 36.0 Å². The van der Waals surface area contributed by atoms with Crippen LogP contribution in [0.5, 0.6) is 5.75 Å². The molecule has 1 aliphatic heterocycles. The molecule has 0 spiro atoms. The van der Waals surface area contributed by atoms with Crippen LogP contribution < -0.4 is 20.3 Å². The Hall–Kier alpha value is -2.54. The van der Waals surface area contributed by atoms with Crippen molar-refractivity contribution in [3.8, 4) is 5.75 Å². The number of piperazine rings is 1. The highest BCUT2D eigenvalue weighted by Gasteiger charge is 2.31. The van der Waals surface area contributed by atoms with E-state index in [1.165, 1.54) is 5.69 Å². The van der Waals surface area contributed by atoms with Crippen LogP contribution in [0.25, 0.3) is 0 Å². The van der Waals surface area contributed by atoms with Crippen molar-refractivity contribution in [2.45, 2.75) is 24.9 Å². The molecule has 1 aromatic heterocycles. The van der Waals surface area contributed by atoms with E-state index in [-0.39, 0.29) is 6.10 Å². The van der Waals surface area contributed by atoms with Crippen LogP contribution in [-0.2, 0) is 0 Å². The van der Waals surface area contributed by atoms with E-state index in [1.807, 2.05) is 18.2 Å². The highest BCUT2D eigenvalue weighted by atomic mass is 16.5. The summed E-state index contributed by atoms with van der Waals surface area (Å²) < 4.78 is 5.32. The van der Waals surface area contributed by atoms with Gasteiger partial charge in [0.05, 0.1) is 18.9 Å². The second-order valence-corrected chi connectivity index (χ2v) is 7.01. The predicted molar refractivity (Wildman–Crippen MR) is 102 cm³/mol. The third-order valence-electron chi connectivity index (χ3n) is 5.30. The van der Waals surface area contributed by atoms with Crippen molar-refractivity contribution in [3.63, 3.8) is 0 Å². The van der Waals surface area contributed by atoms with Crippen molar-refractivity contribution < 1.29 is 9.84 Å². The lowest BCUT2D eigenvalue weighted by Crippen LogP contribution is -2.47. The summed E-state index contributed by atoms with van der Waals surface area (Å²) in [7, 11) is 1.69. The molecule has 2 aromatic rings. The van der Waals surface area contributed by atoms with Crippen LogP contribution in [0.3, 0.4) is 0 Å². The Morgan fingerprint density at radius 3 is 2.50 bits per heavy atom. The van der Waals surface area contributed by atoms with Crippen LogP contribution in [0.4, 0.5) is 17.5 Å². The maximum Gasteiger partial charge on any atom is 0.222 e. The van der Waals surface area contributed by atoms with Gasteiger partial charge >= 0.3 is 0 Å². The van der Waals surface area contributed by atoms with Gasteiger partial charge in [-0.05, 0) is 25.0 Å². The van der Waals surface area contributed by atoms with Gasteiger partial charge in [0.1, 0.15) is 11.6 Å². The molecule has 1 aliphatic carbocycles. The summed E-state index contributed by atoms with van der Waals surface area (Å²) in [6, 6.07) is 10.2. The van der Waals surface area contributed by atoms with Crippen LogP contribution in [0.15, 0.2) is 30.3 Å². The molecule has 1 saturated heterocycles. The van der Waals surface area contributed by atoms with E-state index in [0.717, 1.165) is 56.3 Å². The second kappa shape index (κ2) is 6.99. The number of nitrogens with zero attached hydrogens (tertiary/aromatic N) is 4. The molecule has 1 aromatic carbocycles. The molecule has 2 aliphatic rings. The van der Waals surface area contributed by atoms with Crippen molar-refractivity contribution in [1.29, 1.82) is 0 Å². The average molecular weight is 355 g/mol. The number of aromatic nitrogens is 2. The van der Waals surface area contributed by atoms with E-state index >= 15 is 0 Å². The highest BCUT2D eigenvalue weighted by Crippen LogP contribution is 2.37. The van der Waals surface area contributed by atoms with Gasteiger partial charge in [0, 0.05) is 49.9 Å². The molecule has 0 amide bonds. The Bertz CT molecular complexity index is 770. The summed E-state index contributed by atoms with van der Waals surface area (Å²) >= 11 is 0. The zero-order chi connectivity index (χ0) is 18.1. The van der Waals surface area contributed by atoms with Crippen LogP contribution in [0.1, 0.15) is 24.5 Å². The van der Waals surface area contributed by atoms with Crippen molar-refractivity contribution in [1.82, 2.24) is 9.97 Å². The SMILES string of the molecule is COc1cccc(N2CCN(c3cc(C4CC(O)C4)nc(N)n3)CC2)c1. The molecular formula is C19H25N5O2. The van der Waals surface area contributed by atoms with Gasteiger partial charge in [0.2, 0.25) is 5.95 Å². The molecule has 0 bridgehead atoms. The zero-order valence-electron chi connectivity index (χ0n) is 15.0. The molecule has 0 atom stereocenters. The first-order valence-electron chi connectivity index (χ1n) is 9.09. The van der Waals surface area contributed by atoms with Gasteiger partial charge < -0.3 is 25.4 Å². The van der Waals surface area contributed by atoms with Crippen molar-refractivity contribution >= 4 is 17.5 Å². The standard InChI is InChI=1S/C19H25N5O2/c1-26-16-4-2-3-14(11-16)23-5-7-24(8-6-23)18-12-17(21-19(20)22-18)13-9-15(25)10-13/h2-4,11-13,15,25H,5-10H2,1H3,(H2,20,21,22). The number of hydrogen-bond acceptors (Lipinski definition) is 7. The van der Waals surface area contributed by atoms with Gasteiger partial charge in [-0.2, -0.15) is 4.98 Å². The Kier molecular flexibility index (Phi) is 4.55. The van der Waals surface area contributed by atoms with Crippen molar-refractivity contribution in [2.24, 2.45) is 0 Å². The average Bonchev–Trinajstić information content (AvgIpc) is 2.65. The molecule has 1 saturated carbocycles. The normalized spacial score (nSPS) is 22.8. The lowest BCUT2D eigenvalue weighted by atomic mass is 9.80. The van der Waals surface area contributed by atoms with Gasteiger partial charge in [0.15, 0.2) is 0 Å². The molecule has 0 unspecified atom stereocenters. The quantitative estimate of drug-likeness (QED) is 0.862.